The Morgan fingerprint density at radius 2 is 1.97 bits per heavy atom. The van der Waals surface area contributed by atoms with Crippen LogP contribution in [0, 0.1) is 0 Å². The van der Waals surface area contributed by atoms with Gasteiger partial charge in [-0.1, -0.05) is 36.0 Å². The van der Waals surface area contributed by atoms with Crippen molar-refractivity contribution >= 4 is 52.2 Å². The summed E-state index contributed by atoms with van der Waals surface area (Å²) < 4.78 is 2.14. The van der Waals surface area contributed by atoms with E-state index in [0.717, 1.165) is 18.7 Å². The Bertz CT molecular complexity index is 1140. The predicted molar refractivity (Wildman–Crippen MR) is 128 cm³/mol. The minimum Gasteiger partial charge on any atom is -1.00 e. The first-order chi connectivity index (χ1) is 15.0. The molecule has 1 unspecified atom stereocenters. The number of nitrogens with two attached hydrogens (primary N) is 1. The van der Waals surface area contributed by atoms with Crippen molar-refractivity contribution in [3.63, 3.8) is 0 Å². The number of halogens is 1. The van der Waals surface area contributed by atoms with Crippen LogP contribution in [0.4, 0.5) is 5.69 Å². The molecule has 0 amide bonds. The van der Waals surface area contributed by atoms with Crippen LogP contribution in [0.15, 0.2) is 70.7 Å². The zero-order valence-electron chi connectivity index (χ0n) is 17.7. The number of aryl methyl sites for hydroxylation is 1. The number of aromatic nitrogens is 1. The lowest BCUT2D eigenvalue weighted by Crippen LogP contribution is -3.00. The number of thioether (sulfide) groups is 2. The largest absolute Gasteiger partial charge is 1.00 e. The Labute approximate surface area is 203 Å². The normalized spacial score (nSPS) is 14.9. The van der Waals surface area contributed by atoms with E-state index in [1.54, 1.807) is 23.5 Å². The zero-order valence-corrected chi connectivity index (χ0v) is 20.1. The SMILES string of the molecule is C[n+]1ccc(C=C2Sc3ccccc3N2CCCSCC(N)C(=O)[O-])c2ccccc21.[Cl-]. The van der Waals surface area contributed by atoms with Gasteiger partial charge in [0.05, 0.1) is 28.1 Å². The highest BCUT2D eigenvalue weighted by Crippen LogP contribution is 2.46. The number of carbonyl (C=O) groups is 1. The van der Waals surface area contributed by atoms with Crippen molar-refractivity contribution in [1.82, 2.24) is 0 Å². The average Bonchev–Trinajstić information content (AvgIpc) is 3.12. The number of rotatable bonds is 8. The zero-order chi connectivity index (χ0) is 21.8. The molecule has 0 radical (unpaired) electrons. The van der Waals surface area contributed by atoms with Gasteiger partial charge in [-0.05, 0) is 42.0 Å². The first kappa shape index (κ1) is 24.5. The van der Waals surface area contributed by atoms with E-state index in [1.807, 2.05) is 0 Å². The summed E-state index contributed by atoms with van der Waals surface area (Å²) >= 11 is 3.35. The van der Waals surface area contributed by atoms with E-state index in [4.69, 9.17) is 5.73 Å². The lowest BCUT2D eigenvalue weighted by atomic mass is 10.1. The van der Waals surface area contributed by atoms with Crippen LogP contribution in [-0.4, -0.2) is 30.1 Å². The van der Waals surface area contributed by atoms with E-state index in [-0.39, 0.29) is 12.4 Å². The predicted octanol–water partition coefficient (Wildman–Crippen LogP) is -0.220. The summed E-state index contributed by atoms with van der Waals surface area (Å²) in [5.41, 5.74) is 9.16. The Hall–Kier alpha value is -2.19. The number of benzene rings is 2. The summed E-state index contributed by atoms with van der Waals surface area (Å²) in [4.78, 5) is 14.4. The fourth-order valence-corrected chi connectivity index (χ4v) is 5.67. The summed E-state index contributed by atoms with van der Waals surface area (Å²) in [6.45, 7) is 0.863. The van der Waals surface area contributed by atoms with Crippen molar-refractivity contribution in [2.24, 2.45) is 12.8 Å². The molecule has 0 saturated carbocycles. The first-order valence-corrected chi connectivity index (χ1v) is 12.2. The molecule has 0 spiro atoms. The van der Waals surface area contributed by atoms with Gasteiger partial charge in [-0.2, -0.15) is 11.8 Å². The maximum absolute atomic E-state index is 10.8. The molecule has 2 N–H and O–H groups in total. The van der Waals surface area contributed by atoms with Crippen LogP contribution in [0.2, 0.25) is 0 Å². The molecular weight excluding hydrogens is 462 g/mol. The monoisotopic (exact) mass is 486 g/mol. The van der Waals surface area contributed by atoms with Gasteiger partial charge in [0.15, 0.2) is 6.20 Å². The fourth-order valence-electron chi connectivity index (χ4n) is 3.64. The molecule has 2 aromatic carbocycles. The van der Waals surface area contributed by atoms with E-state index in [1.165, 1.54) is 32.1 Å². The van der Waals surface area contributed by atoms with E-state index in [2.05, 4.69) is 83.4 Å². The number of hydrogen-bond donors (Lipinski definition) is 1. The summed E-state index contributed by atoms with van der Waals surface area (Å²) in [5.74, 6) is 0.0384. The molecule has 1 aliphatic heterocycles. The maximum atomic E-state index is 10.8. The molecule has 0 aliphatic carbocycles. The van der Waals surface area contributed by atoms with E-state index in [0.29, 0.717) is 5.75 Å². The summed E-state index contributed by atoms with van der Waals surface area (Å²) in [5, 5.41) is 13.2. The lowest BCUT2D eigenvalue weighted by Gasteiger charge is -2.21. The summed E-state index contributed by atoms with van der Waals surface area (Å²) in [6.07, 6.45) is 5.30. The number of carboxylic acid groups (broad SMARTS) is 1. The highest BCUT2D eigenvalue weighted by molar-refractivity contribution is 8.03. The lowest BCUT2D eigenvalue weighted by molar-refractivity contribution is -0.644. The summed E-state index contributed by atoms with van der Waals surface area (Å²) in [7, 11) is 2.07. The third-order valence-electron chi connectivity index (χ3n) is 5.26. The molecule has 1 aliphatic rings. The average molecular weight is 487 g/mol. The molecular formula is C24H25ClN3O2S2-. The van der Waals surface area contributed by atoms with Crippen molar-refractivity contribution in [3.8, 4) is 0 Å². The van der Waals surface area contributed by atoms with Crippen LogP contribution in [0.5, 0.6) is 0 Å². The van der Waals surface area contributed by atoms with Crippen LogP contribution < -0.4 is 32.7 Å². The molecule has 32 heavy (non-hydrogen) atoms. The molecule has 0 bridgehead atoms. The summed E-state index contributed by atoms with van der Waals surface area (Å²) in [6, 6.07) is 18.2. The number of aliphatic carboxylic acids is 1. The maximum Gasteiger partial charge on any atom is 0.212 e. The van der Waals surface area contributed by atoms with Crippen LogP contribution in [0.1, 0.15) is 12.0 Å². The van der Waals surface area contributed by atoms with Gasteiger partial charge in [0.2, 0.25) is 5.52 Å². The Morgan fingerprint density at radius 1 is 1.22 bits per heavy atom. The standard InChI is InChI=1S/C24H25N3O2S2.ClH/c1-26-13-11-17(18-7-2-3-8-20(18)26)15-23-27(21-9-4-5-10-22(21)31-23)12-6-14-30-16-19(25)24(28)29;/h2-5,7-11,13,15,19H,6,12,14,16,25H2,1H3;1H/p-1. The molecule has 2 heterocycles. The van der Waals surface area contributed by atoms with Gasteiger partial charge in [-0.25, -0.2) is 4.57 Å². The number of anilines is 1. The second-order valence-corrected chi connectivity index (χ2v) is 9.67. The number of carboxylic acids is 1. The smallest absolute Gasteiger partial charge is 0.212 e. The van der Waals surface area contributed by atoms with E-state index >= 15 is 0 Å². The number of carbonyl (C=O) groups excluding carboxylic acids is 1. The number of hydrogen-bond acceptors (Lipinski definition) is 6. The molecule has 8 heteroatoms. The Kier molecular flexibility index (Phi) is 8.48. The van der Waals surface area contributed by atoms with Crippen LogP contribution in [0.3, 0.4) is 0 Å². The second kappa shape index (κ2) is 11.1. The van der Waals surface area contributed by atoms with Gasteiger partial charge in [0.25, 0.3) is 0 Å². The first-order valence-electron chi connectivity index (χ1n) is 10.2. The van der Waals surface area contributed by atoms with Gasteiger partial charge in [-0.15, -0.1) is 0 Å². The van der Waals surface area contributed by atoms with Crippen LogP contribution in [-0.2, 0) is 11.8 Å². The molecule has 1 atom stereocenters. The van der Waals surface area contributed by atoms with Crippen molar-refractivity contribution in [2.75, 3.05) is 23.0 Å². The Balaban J connectivity index is 0.00000289. The molecule has 4 rings (SSSR count). The highest BCUT2D eigenvalue weighted by Gasteiger charge is 2.24. The van der Waals surface area contributed by atoms with Crippen molar-refractivity contribution in [3.05, 3.63) is 71.4 Å². The van der Waals surface area contributed by atoms with Gasteiger partial charge in [0.1, 0.15) is 7.05 Å². The van der Waals surface area contributed by atoms with Gasteiger partial charge in [0, 0.05) is 29.3 Å². The number of pyridine rings is 1. The quantitative estimate of drug-likeness (QED) is 0.350. The van der Waals surface area contributed by atoms with Crippen molar-refractivity contribution in [1.29, 1.82) is 0 Å². The van der Waals surface area contributed by atoms with Crippen LogP contribution in [0.25, 0.3) is 17.0 Å². The van der Waals surface area contributed by atoms with Crippen molar-refractivity contribution < 1.29 is 26.9 Å². The molecule has 0 fully saturated rings. The van der Waals surface area contributed by atoms with Crippen LogP contribution >= 0.6 is 23.5 Å². The number of fused-ring (bicyclic) bond motifs is 2. The highest BCUT2D eigenvalue weighted by atomic mass is 35.5. The fraction of sp³-hybridized carbons (Fsp3) is 0.250. The second-order valence-electron chi connectivity index (χ2n) is 7.46. The van der Waals surface area contributed by atoms with Crippen molar-refractivity contribution in [2.45, 2.75) is 17.4 Å². The third kappa shape index (κ3) is 5.41. The molecule has 168 valence electrons. The molecule has 5 nitrogen and oxygen atoms in total. The number of para-hydroxylation sites is 2. The van der Waals surface area contributed by atoms with Gasteiger partial charge >= 0.3 is 0 Å². The number of nitrogens with zero attached hydrogens (tertiary/aromatic N) is 2. The van der Waals surface area contributed by atoms with Gasteiger partial charge < -0.3 is 32.9 Å². The topological polar surface area (TPSA) is 73.3 Å². The Morgan fingerprint density at radius 3 is 2.78 bits per heavy atom. The molecule has 3 aromatic rings. The third-order valence-corrected chi connectivity index (χ3v) is 7.54. The molecule has 0 saturated heterocycles. The van der Waals surface area contributed by atoms with E-state index in [9.17, 15) is 9.90 Å². The minimum atomic E-state index is -1.19. The van der Waals surface area contributed by atoms with E-state index < -0.39 is 12.0 Å². The minimum absolute atomic E-state index is 0. The molecule has 1 aromatic heterocycles. The van der Waals surface area contributed by atoms with Gasteiger partial charge in [-0.3, -0.25) is 0 Å².